The van der Waals surface area contributed by atoms with Crippen LogP contribution < -0.4 is 0 Å². The highest BCUT2D eigenvalue weighted by Gasteiger charge is 2.34. The number of amides is 2. The number of nitrogens with zero attached hydrogens (tertiary/aromatic N) is 2. The summed E-state index contributed by atoms with van der Waals surface area (Å²) in [5.74, 6) is -0.864. The second kappa shape index (κ2) is 6.42. The fraction of sp³-hybridized carbons (Fsp3) is 0.692. The Balaban J connectivity index is 2.62. The Bertz CT molecular complexity index is 337. The molecule has 0 saturated heterocycles. The molecule has 1 saturated carbocycles. The Kier molecular flexibility index (Phi) is 5.19. The molecule has 1 fully saturated rings. The Hall–Kier alpha value is -1.52. The number of carbonyl (C=O) groups excluding carboxylic acids is 1. The van der Waals surface area contributed by atoms with Gasteiger partial charge in [0.05, 0.1) is 6.42 Å². The Morgan fingerprint density at radius 1 is 1.39 bits per heavy atom. The summed E-state index contributed by atoms with van der Waals surface area (Å²) in [5.41, 5.74) is 0.930. The van der Waals surface area contributed by atoms with E-state index in [4.69, 9.17) is 5.11 Å². The van der Waals surface area contributed by atoms with Gasteiger partial charge in [-0.05, 0) is 26.7 Å². The summed E-state index contributed by atoms with van der Waals surface area (Å²) in [7, 11) is 0. The summed E-state index contributed by atoms with van der Waals surface area (Å²) < 4.78 is 0. The maximum Gasteiger partial charge on any atom is 0.320 e. The SMILES string of the molecule is C=C(C)CN(CC)C(=O)N(CCC(=O)O)C1CC1. The molecule has 0 atom stereocenters. The molecule has 2 amide bonds. The number of hydrogen-bond acceptors (Lipinski definition) is 2. The molecule has 0 aromatic carbocycles. The minimum Gasteiger partial charge on any atom is -0.481 e. The molecule has 0 aromatic heterocycles. The lowest BCUT2D eigenvalue weighted by Crippen LogP contribution is -2.45. The molecule has 0 aliphatic heterocycles. The van der Waals surface area contributed by atoms with Gasteiger partial charge in [-0.15, -0.1) is 0 Å². The Morgan fingerprint density at radius 3 is 2.39 bits per heavy atom. The van der Waals surface area contributed by atoms with Crippen LogP contribution in [0.2, 0.25) is 0 Å². The Labute approximate surface area is 108 Å². The van der Waals surface area contributed by atoms with Crippen LogP contribution in [0.25, 0.3) is 0 Å². The van der Waals surface area contributed by atoms with E-state index in [2.05, 4.69) is 6.58 Å². The molecule has 0 unspecified atom stereocenters. The van der Waals surface area contributed by atoms with Gasteiger partial charge >= 0.3 is 12.0 Å². The van der Waals surface area contributed by atoms with Crippen LogP contribution in [0, 0.1) is 0 Å². The lowest BCUT2D eigenvalue weighted by molar-refractivity contribution is -0.137. The molecule has 1 N–H and O–H groups in total. The zero-order valence-corrected chi connectivity index (χ0v) is 11.2. The molecule has 5 nitrogen and oxygen atoms in total. The maximum atomic E-state index is 12.3. The van der Waals surface area contributed by atoms with Crippen molar-refractivity contribution in [1.29, 1.82) is 0 Å². The van der Waals surface area contributed by atoms with Crippen molar-refractivity contribution >= 4 is 12.0 Å². The van der Waals surface area contributed by atoms with E-state index in [1.54, 1.807) is 9.80 Å². The number of aliphatic carboxylic acids is 1. The molecule has 102 valence electrons. The fourth-order valence-corrected chi connectivity index (χ4v) is 1.86. The van der Waals surface area contributed by atoms with Gasteiger partial charge in [-0.2, -0.15) is 0 Å². The van der Waals surface area contributed by atoms with Crippen molar-refractivity contribution in [2.75, 3.05) is 19.6 Å². The van der Waals surface area contributed by atoms with E-state index in [0.717, 1.165) is 18.4 Å². The van der Waals surface area contributed by atoms with Gasteiger partial charge in [0.25, 0.3) is 0 Å². The predicted octanol–water partition coefficient (Wildman–Crippen LogP) is 1.94. The lowest BCUT2D eigenvalue weighted by atomic mass is 10.3. The fourth-order valence-electron chi connectivity index (χ4n) is 1.86. The van der Waals surface area contributed by atoms with Crippen LogP contribution >= 0.6 is 0 Å². The molecular formula is C13H22N2O3. The Morgan fingerprint density at radius 2 is 2.00 bits per heavy atom. The highest BCUT2D eigenvalue weighted by Crippen LogP contribution is 2.28. The molecule has 5 heteroatoms. The van der Waals surface area contributed by atoms with Crippen molar-refractivity contribution in [2.24, 2.45) is 0 Å². The van der Waals surface area contributed by atoms with Crippen molar-refractivity contribution in [3.63, 3.8) is 0 Å². The average molecular weight is 254 g/mol. The quantitative estimate of drug-likeness (QED) is 0.706. The molecule has 18 heavy (non-hydrogen) atoms. The van der Waals surface area contributed by atoms with E-state index in [1.165, 1.54) is 0 Å². The van der Waals surface area contributed by atoms with Crippen LogP contribution in [0.15, 0.2) is 12.2 Å². The van der Waals surface area contributed by atoms with Crippen molar-refractivity contribution in [3.8, 4) is 0 Å². The van der Waals surface area contributed by atoms with Gasteiger partial charge < -0.3 is 14.9 Å². The van der Waals surface area contributed by atoms with Crippen LogP contribution in [-0.2, 0) is 4.79 Å². The summed E-state index contributed by atoms with van der Waals surface area (Å²) >= 11 is 0. The first kappa shape index (κ1) is 14.5. The van der Waals surface area contributed by atoms with E-state index in [0.29, 0.717) is 19.6 Å². The molecule has 0 heterocycles. The third-order valence-electron chi connectivity index (χ3n) is 2.91. The van der Waals surface area contributed by atoms with Gasteiger partial charge in [0, 0.05) is 25.7 Å². The van der Waals surface area contributed by atoms with Crippen molar-refractivity contribution < 1.29 is 14.7 Å². The average Bonchev–Trinajstić information content (AvgIpc) is 3.09. The highest BCUT2D eigenvalue weighted by atomic mass is 16.4. The first-order valence-corrected chi connectivity index (χ1v) is 6.37. The van der Waals surface area contributed by atoms with Crippen LogP contribution in [0.4, 0.5) is 4.79 Å². The van der Waals surface area contributed by atoms with Gasteiger partial charge in [-0.25, -0.2) is 4.79 Å². The summed E-state index contributed by atoms with van der Waals surface area (Å²) in [5, 5.41) is 8.72. The standard InChI is InChI=1S/C13H22N2O3/c1-4-14(9-10(2)3)13(18)15(11-5-6-11)8-7-12(16)17/h11H,2,4-9H2,1,3H3,(H,16,17). The van der Waals surface area contributed by atoms with Gasteiger partial charge in [-0.3, -0.25) is 4.79 Å². The molecule has 1 rings (SSSR count). The molecule has 0 spiro atoms. The topological polar surface area (TPSA) is 60.9 Å². The summed E-state index contributed by atoms with van der Waals surface area (Å²) in [6, 6.07) is 0.167. The maximum absolute atomic E-state index is 12.3. The first-order valence-electron chi connectivity index (χ1n) is 6.37. The third kappa shape index (κ3) is 4.39. The summed E-state index contributed by atoms with van der Waals surface area (Å²) in [4.78, 5) is 26.3. The summed E-state index contributed by atoms with van der Waals surface area (Å²) in [6.45, 7) is 9.06. The van der Waals surface area contributed by atoms with Crippen LogP contribution in [0.3, 0.4) is 0 Å². The second-order valence-electron chi connectivity index (χ2n) is 4.82. The van der Waals surface area contributed by atoms with E-state index in [-0.39, 0.29) is 18.5 Å². The summed E-state index contributed by atoms with van der Waals surface area (Å²) in [6.07, 6.45) is 1.97. The number of carbonyl (C=O) groups is 2. The number of carboxylic acids is 1. The van der Waals surface area contributed by atoms with Gasteiger partial charge in [0.2, 0.25) is 0 Å². The molecule has 1 aliphatic carbocycles. The van der Waals surface area contributed by atoms with Crippen molar-refractivity contribution in [3.05, 3.63) is 12.2 Å². The number of carboxylic acid groups (broad SMARTS) is 1. The zero-order valence-electron chi connectivity index (χ0n) is 11.2. The molecular weight excluding hydrogens is 232 g/mol. The first-order chi connectivity index (χ1) is 8.45. The smallest absolute Gasteiger partial charge is 0.320 e. The molecule has 1 aliphatic rings. The largest absolute Gasteiger partial charge is 0.481 e. The van der Waals surface area contributed by atoms with Crippen molar-refractivity contribution in [2.45, 2.75) is 39.2 Å². The van der Waals surface area contributed by atoms with Crippen molar-refractivity contribution in [1.82, 2.24) is 9.80 Å². The van der Waals surface area contributed by atoms with Gasteiger partial charge in [0.1, 0.15) is 0 Å². The molecule has 0 radical (unpaired) electrons. The normalized spacial score (nSPS) is 14.1. The third-order valence-corrected chi connectivity index (χ3v) is 2.91. The minimum atomic E-state index is -0.864. The number of rotatable bonds is 7. The number of likely N-dealkylation sites (N-methyl/N-ethyl adjacent to an activating group) is 1. The van der Waals surface area contributed by atoms with E-state index in [9.17, 15) is 9.59 Å². The van der Waals surface area contributed by atoms with Crippen LogP contribution in [0.1, 0.15) is 33.1 Å². The zero-order chi connectivity index (χ0) is 13.7. The van der Waals surface area contributed by atoms with Crippen LogP contribution in [-0.4, -0.2) is 52.6 Å². The monoisotopic (exact) mass is 254 g/mol. The highest BCUT2D eigenvalue weighted by molar-refractivity contribution is 5.76. The number of hydrogen-bond donors (Lipinski definition) is 1. The minimum absolute atomic E-state index is 0.00681. The number of urea groups is 1. The van der Waals surface area contributed by atoms with E-state index in [1.807, 2.05) is 13.8 Å². The molecule has 0 aromatic rings. The van der Waals surface area contributed by atoms with Gasteiger partial charge in [0.15, 0.2) is 0 Å². The predicted molar refractivity (Wildman–Crippen MR) is 69.4 cm³/mol. The van der Waals surface area contributed by atoms with E-state index < -0.39 is 5.97 Å². The van der Waals surface area contributed by atoms with Crippen LogP contribution in [0.5, 0.6) is 0 Å². The van der Waals surface area contributed by atoms with E-state index >= 15 is 0 Å². The second-order valence-corrected chi connectivity index (χ2v) is 4.82. The molecule has 0 bridgehead atoms. The lowest BCUT2D eigenvalue weighted by Gasteiger charge is -2.30. The van der Waals surface area contributed by atoms with Gasteiger partial charge in [-0.1, -0.05) is 12.2 Å².